The summed E-state index contributed by atoms with van der Waals surface area (Å²) in [6, 6.07) is 8.15. The zero-order chi connectivity index (χ0) is 15.2. The van der Waals surface area contributed by atoms with Gasteiger partial charge in [0.25, 0.3) is 0 Å². The molecule has 2 rings (SSSR count). The van der Waals surface area contributed by atoms with Gasteiger partial charge in [0.15, 0.2) is 0 Å². The Morgan fingerprint density at radius 3 is 2.71 bits per heavy atom. The van der Waals surface area contributed by atoms with Gasteiger partial charge in [-0.1, -0.05) is 36.8 Å². The van der Waals surface area contributed by atoms with E-state index in [1.54, 1.807) is 6.92 Å². The number of fused-ring (bicyclic) bond motifs is 1. The second-order valence-corrected chi connectivity index (χ2v) is 5.52. The zero-order valence-corrected chi connectivity index (χ0v) is 12.8. The van der Waals surface area contributed by atoms with Crippen LogP contribution in [0.4, 0.5) is 0 Å². The summed E-state index contributed by atoms with van der Waals surface area (Å²) >= 11 is 0. The maximum absolute atomic E-state index is 11.9. The molecule has 0 radical (unpaired) electrons. The lowest BCUT2D eigenvalue weighted by atomic mass is 10.00. The van der Waals surface area contributed by atoms with E-state index in [1.807, 2.05) is 19.1 Å². The first kappa shape index (κ1) is 15.5. The Kier molecular flexibility index (Phi) is 5.32. The number of hydrogen-bond donors (Lipinski definition) is 0. The third-order valence-electron chi connectivity index (χ3n) is 3.74. The number of esters is 1. The van der Waals surface area contributed by atoms with E-state index in [-0.39, 0.29) is 11.8 Å². The van der Waals surface area contributed by atoms with E-state index in [4.69, 9.17) is 4.74 Å². The number of rotatable bonds is 7. The third-order valence-corrected chi connectivity index (χ3v) is 3.74. The maximum atomic E-state index is 11.9. The lowest BCUT2D eigenvalue weighted by molar-refractivity contribution is -0.142. The van der Waals surface area contributed by atoms with E-state index in [0.29, 0.717) is 19.4 Å². The van der Waals surface area contributed by atoms with Crippen LogP contribution in [0.25, 0.3) is 5.57 Å². The molecule has 0 N–H and O–H groups in total. The monoisotopic (exact) mass is 286 g/mol. The second-order valence-electron chi connectivity index (χ2n) is 5.52. The van der Waals surface area contributed by atoms with Gasteiger partial charge < -0.3 is 9.53 Å². The van der Waals surface area contributed by atoms with Crippen molar-refractivity contribution in [2.75, 3.05) is 6.61 Å². The molecule has 0 amide bonds. The van der Waals surface area contributed by atoms with Crippen LogP contribution in [0.5, 0.6) is 0 Å². The van der Waals surface area contributed by atoms with E-state index in [2.05, 4.69) is 12.1 Å². The van der Waals surface area contributed by atoms with Crippen molar-refractivity contribution in [3.63, 3.8) is 0 Å². The SMILES string of the molecule is CCCOC(=O)CC1=C(CCC(C)=O)Cc2ccccc21. The highest BCUT2D eigenvalue weighted by Crippen LogP contribution is 2.37. The van der Waals surface area contributed by atoms with E-state index in [9.17, 15) is 9.59 Å². The van der Waals surface area contributed by atoms with Gasteiger partial charge >= 0.3 is 5.97 Å². The highest BCUT2D eigenvalue weighted by atomic mass is 16.5. The van der Waals surface area contributed by atoms with Crippen molar-refractivity contribution in [2.24, 2.45) is 0 Å². The molecule has 0 saturated carbocycles. The van der Waals surface area contributed by atoms with Crippen molar-refractivity contribution >= 4 is 17.3 Å². The average molecular weight is 286 g/mol. The first-order valence-electron chi connectivity index (χ1n) is 7.56. The Labute approximate surface area is 126 Å². The van der Waals surface area contributed by atoms with Crippen molar-refractivity contribution < 1.29 is 14.3 Å². The molecule has 1 aromatic carbocycles. The molecule has 21 heavy (non-hydrogen) atoms. The molecule has 0 saturated heterocycles. The molecule has 3 heteroatoms. The van der Waals surface area contributed by atoms with E-state index < -0.39 is 0 Å². The molecule has 0 unspecified atom stereocenters. The Hall–Kier alpha value is -1.90. The number of allylic oxidation sites excluding steroid dienone is 1. The lowest BCUT2D eigenvalue weighted by Crippen LogP contribution is -2.06. The predicted octanol–water partition coefficient (Wildman–Crippen LogP) is 3.71. The minimum absolute atomic E-state index is 0.177. The van der Waals surface area contributed by atoms with Crippen molar-refractivity contribution in [1.82, 2.24) is 0 Å². The molecule has 1 aliphatic rings. The maximum Gasteiger partial charge on any atom is 0.310 e. The number of carbonyl (C=O) groups excluding carboxylic acids is 2. The minimum atomic E-state index is -0.177. The first-order valence-corrected chi connectivity index (χ1v) is 7.56. The number of ether oxygens (including phenoxy) is 1. The van der Waals surface area contributed by atoms with Crippen LogP contribution in [0.1, 0.15) is 50.7 Å². The summed E-state index contributed by atoms with van der Waals surface area (Å²) in [6.45, 7) is 4.06. The van der Waals surface area contributed by atoms with Crippen LogP contribution in [0, 0.1) is 0 Å². The quantitative estimate of drug-likeness (QED) is 0.718. The van der Waals surface area contributed by atoms with Crippen molar-refractivity contribution in [2.45, 2.75) is 46.0 Å². The van der Waals surface area contributed by atoms with Gasteiger partial charge in [0.05, 0.1) is 13.0 Å². The molecule has 0 bridgehead atoms. The fraction of sp³-hybridized carbons (Fsp3) is 0.444. The largest absolute Gasteiger partial charge is 0.465 e. The highest BCUT2D eigenvalue weighted by molar-refractivity contribution is 5.89. The molecular formula is C18H22O3. The van der Waals surface area contributed by atoms with Crippen LogP contribution < -0.4 is 0 Å². The normalized spacial score (nSPS) is 13.2. The predicted molar refractivity (Wildman–Crippen MR) is 82.8 cm³/mol. The third kappa shape index (κ3) is 4.03. The molecule has 0 heterocycles. The molecule has 0 spiro atoms. The molecular weight excluding hydrogens is 264 g/mol. The Balaban J connectivity index is 2.17. The Morgan fingerprint density at radius 1 is 1.24 bits per heavy atom. The Bertz CT molecular complexity index is 570. The van der Waals surface area contributed by atoms with Crippen molar-refractivity contribution in [1.29, 1.82) is 0 Å². The van der Waals surface area contributed by atoms with Gasteiger partial charge in [-0.3, -0.25) is 4.79 Å². The summed E-state index contributed by atoms with van der Waals surface area (Å²) < 4.78 is 5.20. The molecule has 1 aromatic rings. The van der Waals surface area contributed by atoms with Crippen LogP contribution in [0.3, 0.4) is 0 Å². The summed E-state index contributed by atoms with van der Waals surface area (Å²) in [5, 5.41) is 0. The molecule has 1 aliphatic carbocycles. The standard InChI is InChI=1S/C18H22O3/c1-3-10-21-18(20)12-17-15(9-8-13(2)19)11-14-6-4-5-7-16(14)17/h4-7H,3,8-12H2,1-2H3. The molecule has 112 valence electrons. The van der Waals surface area contributed by atoms with Gasteiger partial charge in [-0.15, -0.1) is 0 Å². The fourth-order valence-corrected chi connectivity index (χ4v) is 2.69. The van der Waals surface area contributed by atoms with Crippen molar-refractivity contribution in [3.8, 4) is 0 Å². The number of benzene rings is 1. The van der Waals surface area contributed by atoms with Gasteiger partial charge in [0.1, 0.15) is 5.78 Å². The first-order chi connectivity index (χ1) is 10.1. The number of Topliss-reactive ketones (excluding diaryl/α,β-unsaturated/α-hetero) is 1. The van der Waals surface area contributed by atoms with Crippen LogP contribution in [-0.2, 0) is 20.7 Å². The van der Waals surface area contributed by atoms with Gasteiger partial charge in [-0.2, -0.15) is 0 Å². The lowest BCUT2D eigenvalue weighted by Gasteiger charge is -2.08. The van der Waals surface area contributed by atoms with E-state index >= 15 is 0 Å². The topological polar surface area (TPSA) is 43.4 Å². The smallest absolute Gasteiger partial charge is 0.310 e. The van der Waals surface area contributed by atoms with E-state index in [1.165, 1.54) is 11.1 Å². The van der Waals surface area contributed by atoms with Gasteiger partial charge in [0, 0.05) is 6.42 Å². The van der Waals surface area contributed by atoms with Gasteiger partial charge in [-0.25, -0.2) is 0 Å². The number of hydrogen-bond acceptors (Lipinski definition) is 3. The van der Waals surface area contributed by atoms with Crippen LogP contribution >= 0.6 is 0 Å². The summed E-state index contributed by atoms with van der Waals surface area (Å²) in [7, 11) is 0. The molecule has 0 fully saturated rings. The molecule has 0 atom stereocenters. The van der Waals surface area contributed by atoms with Crippen LogP contribution in [0.15, 0.2) is 29.8 Å². The Morgan fingerprint density at radius 2 is 2.00 bits per heavy atom. The molecule has 3 nitrogen and oxygen atoms in total. The molecule has 0 aliphatic heterocycles. The number of ketones is 1. The average Bonchev–Trinajstić information content (AvgIpc) is 2.81. The summed E-state index contributed by atoms with van der Waals surface area (Å²) in [4.78, 5) is 23.2. The van der Waals surface area contributed by atoms with Crippen molar-refractivity contribution in [3.05, 3.63) is 41.0 Å². The zero-order valence-electron chi connectivity index (χ0n) is 12.8. The summed E-state index contributed by atoms with van der Waals surface area (Å²) in [5.41, 5.74) is 4.66. The summed E-state index contributed by atoms with van der Waals surface area (Å²) in [5.74, 6) is 0.00948. The van der Waals surface area contributed by atoms with Gasteiger partial charge in [-0.05, 0) is 42.9 Å². The second kappa shape index (κ2) is 7.21. The number of carbonyl (C=O) groups is 2. The minimum Gasteiger partial charge on any atom is -0.465 e. The van der Waals surface area contributed by atoms with Gasteiger partial charge in [0.2, 0.25) is 0 Å². The van der Waals surface area contributed by atoms with Crippen LogP contribution in [0.2, 0.25) is 0 Å². The summed E-state index contributed by atoms with van der Waals surface area (Å²) in [6.07, 6.45) is 3.26. The highest BCUT2D eigenvalue weighted by Gasteiger charge is 2.23. The van der Waals surface area contributed by atoms with E-state index in [0.717, 1.165) is 30.4 Å². The fourth-order valence-electron chi connectivity index (χ4n) is 2.69. The van der Waals surface area contributed by atoms with Crippen LogP contribution in [-0.4, -0.2) is 18.4 Å². The molecule has 0 aromatic heterocycles.